The lowest BCUT2D eigenvalue weighted by Crippen LogP contribution is -2.73. The van der Waals surface area contributed by atoms with Crippen molar-refractivity contribution in [3.63, 3.8) is 0 Å². The van der Waals surface area contributed by atoms with Crippen molar-refractivity contribution < 1.29 is 54.1 Å². The Bertz CT molecular complexity index is 850. The minimum absolute atomic E-state index is 0.167. The van der Waals surface area contributed by atoms with Crippen LogP contribution in [0, 0.1) is 5.92 Å². The van der Waals surface area contributed by atoms with Gasteiger partial charge in [0.1, 0.15) is 36.6 Å². The van der Waals surface area contributed by atoms with Gasteiger partial charge in [-0.2, -0.15) is 0 Å². The summed E-state index contributed by atoms with van der Waals surface area (Å²) in [5.74, 6) is -1.60. The monoisotopic (exact) mass is 592 g/mol. The first kappa shape index (κ1) is 35.6. The minimum Gasteiger partial charge on any atom is -0.479 e. The van der Waals surface area contributed by atoms with Crippen molar-refractivity contribution in [2.45, 2.75) is 153 Å². The number of hydrogen-bond acceptors (Lipinski definition) is 10. The smallest absolute Gasteiger partial charge is 0.335 e. The number of ether oxygens (including phenoxy) is 4. The molecule has 0 radical (unpaired) electrons. The SMILES string of the molecule is CCCCC(C)(CC)O[C@@H]1C(C(=O)O)O[C@@H](OC2C(NC(N)=O)[C@](C)([C@@H](CC)CCC)OC(CO)[C@H]2O)C(O)C1O. The summed E-state index contributed by atoms with van der Waals surface area (Å²) in [7, 11) is 0. The Balaban J connectivity index is 2.45. The van der Waals surface area contributed by atoms with Crippen LogP contribution in [0.2, 0.25) is 0 Å². The van der Waals surface area contributed by atoms with Gasteiger partial charge in [0.25, 0.3) is 0 Å². The normalized spacial score (nSPS) is 38.1. The number of carboxylic acids is 1. The quantitative estimate of drug-likeness (QED) is 0.143. The number of carbonyl (C=O) groups excluding carboxylic acids is 1. The molecule has 2 saturated heterocycles. The van der Waals surface area contributed by atoms with Crippen LogP contribution >= 0.6 is 0 Å². The number of nitrogens with one attached hydrogen (secondary N) is 1. The third-order valence-electron chi connectivity index (χ3n) is 8.79. The van der Waals surface area contributed by atoms with Gasteiger partial charge in [0.15, 0.2) is 12.4 Å². The summed E-state index contributed by atoms with van der Waals surface area (Å²) in [5, 5.41) is 56.0. The van der Waals surface area contributed by atoms with Gasteiger partial charge in [-0.1, -0.05) is 53.4 Å². The topological polar surface area (TPSA) is 210 Å². The number of aliphatic carboxylic acids is 1. The van der Waals surface area contributed by atoms with Crippen LogP contribution < -0.4 is 11.1 Å². The van der Waals surface area contributed by atoms with E-state index in [1.54, 1.807) is 6.92 Å². The summed E-state index contributed by atoms with van der Waals surface area (Å²) in [6.45, 7) is 10.8. The van der Waals surface area contributed by atoms with Crippen molar-refractivity contribution in [1.82, 2.24) is 5.32 Å². The van der Waals surface area contributed by atoms with Crippen molar-refractivity contribution in [2.24, 2.45) is 11.7 Å². The van der Waals surface area contributed by atoms with Gasteiger partial charge in [-0.05, 0) is 39.0 Å². The summed E-state index contributed by atoms with van der Waals surface area (Å²) < 4.78 is 24.0. The Kier molecular flexibility index (Phi) is 13.2. The van der Waals surface area contributed by atoms with Crippen LogP contribution in [0.3, 0.4) is 0 Å². The van der Waals surface area contributed by atoms with Crippen molar-refractivity contribution in [3.8, 4) is 0 Å². The zero-order valence-electron chi connectivity index (χ0n) is 25.2. The first-order valence-electron chi connectivity index (χ1n) is 14.8. The number of carboxylic acid groups (broad SMARTS) is 1. The second kappa shape index (κ2) is 15.2. The maximum atomic E-state index is 12.3. The van der Waals surface area contributed by atoms with Crippen LogP contribution in [-0.4, -0.2) is 110 Å². The van der Waals surface area contributed by atoms with Gasteiger partial charge in [0, 0.05) is 0 Å². The Labute approximate surface area is 242 Å². The molecule has 13 heteroatoms. The van der Waals surface area contributed by atoms with E-state index in [9.17, 15) is 35.1 Å². The number of hydrogen-bond donors (Lipinski definition) is 7. The van der Waals surface area contributed by atoms with E-state index in [0.29, 0.717) is 25.7 Å². The van der Waals surface area contributed by atoms with E-state index in [1.165, 1.54) is 0 Å². The van der Waals surface area contributed by atoms with Crippen molar-refractivity contribution in [2.75, 3.05) is 6.61 Å². The van der Waals surface area contributed by atoms with Gasteiger partial charge in [-0.25, -0.2) is 9.59 Å². The highest BCUT2D eigenvalue weighted by Gasteiger charge is 2.58. The number of aliphatic hydroxyl groups is 4. The lowest BCUT2D eigenvalue weighted by atomic mass is 9.72. The molecule has 0 bridgehead atoms. The van der Waals surface area contributed by atoms with Gasteiger partial charge in [0.2, 0.25) is 0 Å². The van der Waals surface area contributed by atoms with Gasteiger partial charge >= 0.3 is 12.0 Å². The van der Waals surface area contributed by atoms with Gasteiger partial charge in [0.05, 0.1) is 23.9 Å². The Morgan fingerprint density at radius 1 is 1.07 bits per heavy atom. The molecule has 12 atom stereocenters. The van der Waals surface area contributed by atoms with E-state index < -0.39 is 84.9 Å². The number of urea groups is 1. The van der Waals surface area contributed by atoms with Crippen LogP contribution in [0.25, 0.3) is 0 Å². The number of aliphatic hydroxyl groups excluding tert-OH is 4. The zero-order valence-corrected chi connectivity index (χ0v) is 25.2. The number of carbonyl (C=O) groups is 2. The van der Waals surface area contributed by atoms with Gasteiger partial charge in [-0.3, -0.25) is 0 Å². The first-order chi connectivity index (χ1) is 19.2. The number of primary amides is 1. The molecule has 0 aromatic heterocycles. The highest BCUT2D eigenvalue weighted by molar-refractivity contribution is 5.73. The molecule has 2 amide bonds. The molecule has 2 fully saturated rings. The number of rotatable bonds is 15. The maximum absolute atomic E-state index is 12.3. The molecule has 0 saturated carbocycles. The molecule has 2 heterocycles. The molecule has 2 aliphatic heterocycles. The molecule has 0 aliphatic carbocycles. The van der Waals surface area contributed by atoms with Crippen molar-refractivity contribution in [1.29, 1.82) is 0 Å². The lowest BCUT2D eigenvalue weighted by molar-refractivity contribution is -0.345. The summed E-state index contributed by atoms with van der Waals surface area (Å²) >= 11 is 0. The van der Waals surface area contributed by atoms with Crippen LogP contribution in [0.1, 0.15) is 86.5 Å². The summed E-state index contributed by atoms with van der Waals surface area (Å²) in [6, 6.07) is -2.01. The van der Waals surface area contributed by atoms with Crippen molar-refractivity contribution >= 4 is 12.0 Å². The van der Waals surface area contributed by atoms with E-state index in [-0.39, 0.29) is 5.92 Å². The van der Waals surface area contributed by atoms with E-state index in [2.05, 4.69) is 5.32 Å². The number of nitrogens with two attached hydrogens (primary N) is 1. The molecule has 0 aromatic carbocycles. The second-order valence-corrected chi connectivity index (χ2v) is 11.7. The summed E-state index contributed by atoms with van der Waals surface area (Å²) in [6.07, 6.45) is -7.45. The van der Waals surface area contributed by atoms with Gasteiger partial charge < -0.3 is 55.5 Å². The van der Waals surface area contributed by atoms with Crippen LogP contribution in [-0.2, 0) is 23.7 Å². The van der Waals surface area contributed by atoms with Crippen LogP contribution in [0.4, 0.5) is 4.79 Å². The maximum Gasteiger partial charge on any atom is 0.335 e. The average molecular weight is 593 g/mol. The third kappa shape index (κ3) is 8.08. The van der Waals surface area contributed by atoms with E-state index in [1.807, 2.05) is 34.6 Å². The predicted octanol–water partition coefficient (Wildman–Crippen LogP) is 1.02. The average Bonchev–Trinajstić information content (AvgIpc) is 2.93. The Morgan fingerprint density at radius 2 is 1.73 bits per heavy atom. The zero-order chi connectivity index (χ0) is 31.1. The fraction of sp³-hybridized carbons (Fsp3) is 0.929. The first-order valence-corrected chi connectivity index (χ1v) is 14.8. The standard InChI is InChI=1S/C28H52N2O11/c1-7-11-13-27(5,10-4)41-20-18(33)19(34)25(39-22(20)24(35)36)38-21-17(32)16(14-31)40-28(6,15(9-3)12-8-2)23(21)30-26(29)37/h15-23,25,31-34H,7-14H2,1-6H3,(H,35,36)(H3,29,30,37)/t15-,16?,17+,18?,19?,20-,21?,22?,23?,25+,27?,28-/m0/s1. The summed E-state index contributed by atoms with van der Waals surface area (Å²) in [5.41, 5.74) is 3.54. The summed E-state index contributed by atoms with van der Waals surface area (Å²) in [4.78, 5) is 24.4. The molecule has 0 aromatic rings. The van der Waals surface area contributed by atoms with Crippen LogP contribution in [0.15, 0.2) is 0 Å². The predicted molar refractivity (Wildman–Crippen MR) is 148 cm³/mol. The lowest BCUT2D eigenvalue weighted by Gasteiger charge is -2.54. The van der Waals surface area contributed by atoms with Crippen LogP contribution in [0.5, 0.6) is 0 Å². The van der Waals surface area contributed by atoms with E-state index >= 15 is 0 Å². The molecular formula is C28H52N2O11. The number of unbranched alkanes of at least 4 members (excludes halogenated alkanes) is 1. The fourth-order valence-electron chi connectivity index (χ4n) is 6.11. The van der Waals surface area contributed by atoms with E-state index in [4.69, 9.17) is 24.7 Å². The molecular weight excluding hydrogens is 540 g/mol. The van der Waals surface area contributed by atoms with Crippen molar-refractivity contribution in [3.05, 3.63) is 0 Å². The largest absolute Gasteiger partial charge is 0.479 e. The molecule has 41 heavy (non-hydrogen) atoms. The minimum atomic E-state index is -1.77. The second-order valence-electron chi connectivity index (χ2n) is 11.7. The molecule has 2 aliphatic rings. The Morgan fingerprint density at radius 3 is 2.22 bits per heavy atom. The molecule has 2 rings (SSSR count). The molecule has 7 unspecified atom stereocenters. The molecule has 240 valence electrons. The fourth-order valence-corrected chi connectivity index (χ4v) is 6.11. The number of amides is 2. The molecule has 0 spiro atoms. The molecule has 8 N–H and O–H groups in total. The highest BCUT2D eigenvalue weighted by atomic mass is 16.7. The third-order valence-corrected chi connectivity index (χ3v) is 8.79. The highest BCUT2D eigenvalue weighted by Crippen LogP contribution is 2.41. The molecule has 13 nitrogen and oxygen atoms in total. The van der Waals surface area contributed by atoms with Gasteiger partial charge in [-0.15, -0.1) is 0 Å². The Hall–Kier alpha value is -1.58. The van der Waals surface area contributed by atoms with E-state index in [0.717, 1.165) is 19.3 Å².